The Morgan fingerprint density at radius 1 is 1.18 bits per heavy atom. The lowest BCUT2D eigenvalue weighted by molar-refractivity contribution is 0.1000. The lowest BCUT2D eigenvalue weighted by atomic mass is 10.1. The number of anilines is 2. The van der Waals surface area contributed by atoms with Gasteiger partial charge < -0.3 is 16.8 Å². The molecule has 0 bridgehead atoms. The number of primary amides is 1. The number of carbonyl (C=O) groups is 1. The van der Waals surface area contributed by atoms with Crippen LogP contribution in [-0.4, -0.2) is 20.9 Å². The van der Waals surface area contributed by atoms with E-state index in [1.165, 1.54) is 6.33 Å². The van der Waals surface area contributed by atoms with Crippen molar-refractivity contribution in [3.63, 3.8) is 0 Å². The van der Waals surface area contributed by atoms with E-state index in [4.69, 9.17) is 11.5 Å². The highest BCUT2D eigenvalue weighted by molar-refractivity contribution is 5.93. The van der Waals surface area contributed by atoms with Crippen LogP contribution in [-0.2, 0) is 6.54 Å². The first-order chi connectivity index (χ1) is 10.6. The monoisotopic (exact) mass is 294 g/mol. The maximum absolute atomic E-state index is 11.2. The Bertz CT molecular complexity index is 848. The minimum atomic E-state index is -0.450. The summed E-state index contributed by atoms with van der Waals surface area (Å²) >= 11 is 0. The fraction of sp³-hybridized carbons (Fsp3) is 0.0667. The van der Waals surface area contributed by atoms with Gasteiger partial charge in [0.15, 0.2) is 5.65 Å². The summed E-state index contributed by atoms with van der Waals surface area (Å²) in [5, 5.41) is 3.99. The second-order valence-electron chi connectivity index (χ2n) is 4.75. The number of rotatable bonds is 4. The first-order valence-corrected chi connectivity index (χ1v) is 6.63. The molecule has 110 valence electrons. The standard InChI is InChI=1S/C15H14N6O/c16-12-5-4-11-14(19-8-20-15(11)21-12)18-7-9-2-1-3-10(6-9)13(17)22/h1-6,8H,7H2,(H2,17,22)(H3,16,18,19,20,21). The van der Waals surface area contributed by atoms with Crippen molar-refractivity contribution in [2.45, 2.75) is 6.54 Å². The molecule has 0 spiro atoms. The summed E-state index contributed by atoms with van der Waals surface area (Å²) < 4.78 is 0. The normalized spacial score (nSPS) is 10.5. The largest absolute Gasteiger partial charge is 0.384 e. The van der Waals surface area contributed by atoms with Crippen molar-refractivity contribution in [2.75, 3.05) is 11.1 Å². The van der Waals surface area contributed by atoms with Crippen molar-refractivity contribution in [3.8, 4) is 0 Å². The molecule has 2 heterocycles. The van der Waals surface area contributed by atoms with Crippen LogP contribution in [0.3, 0.4) is 0 Å². The number of benzene rings is 1. The smallest absolute Gasteiger partial charge is 0.248 e. The first kappa shape index (κ1) is 13.7. The van der Waals surface area contributed by atoms with Crippen molar-refractivity contribution in [1.82, 2.24) is 15.0 Å². The number of aromatic nitrogens is 3. The number of fused-ring (bicyclic) bond motifs is 1. The molecule has 7 heteroatoms. The highest BCUT2D eigenvalue weighted by Gasteiger charge is 2.06. The minimum absolute atomic E-state index is 0.409. The Hall–Kier alpha value is -3.22. The van der Waals surface area contributed by atoms with E-state index < -0.39 is 5.91 Å². The molecule has 5 N–H and O–H groups in total. The van der Waals surface area contributed by atoms with Gasteiger partial charge in [-0.15, -0.1) is 0 Å². The molecule has 3 aromatic rings. The third kappa shape index (κ3) is 2.78. The average molecular weight is 294 g/mol. The van der Waals surface area contributed by atoms with E-state index in [1.807, 2.05) is 12.1 Å². The summed E-state index contributed by atoms with van der Waals surface area (Å²) in [5.74, 6) is 0.613. The van der Waals surface area contributed by atoms with E-state index in [1.54, 1.807) is 24.3 Å². The molecule has 0 aliphatic heterocycles. The van der Waals surface area contributed by atoms with Gasteiger partial charge in [-0.3, -0.25) is 4.79 Å². The first-order valence-electron chi connectivity index (χ1n) is 6.63. The molecule has 0 radical (unpaired) electrons. The number of nitrogens with two attached hydrogens (primary N) is 2. The Morgan fingerprint density at radius 3 is 2.86 bits per heavy atom. The van der Waals surface area contributed by atoms with Crippen molar-refractivity contribution in [1.29, 1.82) is 0 Å². The number of nitrogen functional groups attached to an aromatic ring is 1. The molecule has 1 aromatic carbocycles. The van der Waals surface area contributed by atoms with Crippen LogP contribution in [0.25, 0.3) is 11.0 Å². The predicted molar refractivity (Wildman–Crippen MR) is 84.0 cm³/mol. The molecule has 0 saturated heterocycles. The highest BCUT2D eigenvalue weighted by Crippen LogP contribution is 2.19. The molecule has 0 fully saturated rings. The maximum Gasteiger partial charge on any atom is 0.248 e. The topological polar surface area (TPSA) is 120 Å². The summed E-state index contributed by atoms with van der Waals surface area (Å²) in [6.07, 6.45) is 1.43. The van der Waals surface area contributed by atoms with Gasteiger partial charge in [-0.2, -0.15) is 0 Å². The summed E-state index contributed by atoms with van der Waals surface area (Å²) in [7, 11) is 0. The van der Waals surface area contributed by atoms with E-state index in [0.29, 0.717) is 29.4 Å². The fourth-order valence-electron chi connectivity index (χ4n) is 2.12. The van der Waals surface area contributed by atoms with E-state index in [9.17, 15) is 4.79 Å². The van der Waals surface area contributed by atoms with Crippen LogP contribution in [0.5, 0.6) is 0 Å². The van der Waals surface area contributed by atoms with Crippen LogP contribution in [0.4, 0.5) is 11.6 Å². The Balaban J connectivity index is 1.85. The zero-order valence-electron chi connectivity index (χ0n) is 11.7. The number of hydrogen-bond donors (Lipinski definition) is 3. The third-order valence-electron chi connectivity index (χ3n) is 3.19. The third-order valence-corrected chi connectivity index (χ3v) is 3.19. The molecule has 0 aliphatic rings. The summed E-state index contributed by atoms with van der Waals surface area (Å²) in [6.45, 7) is 0.498. The molecule has 0 atom stereocenters. The molecule has 0 aliphatic carbocycles. The van der Waals surface area contributed by atoms with Gasteiger partial charge in [-0.05, 0) is 29.8 Å². The average Bonchev–Trinajstić information content (AvgIpc) is 2.52. The van der Waals surface area contributed by atoms with Crippen LogP contribution in [0.2, 0.25) is 0 Å². The molecule has 1 amide bonds. The van der Waals surface area contributed by atoms with Gasteiger partial charge in [0.25, 0.3) is 0 Å². The van der Waals surface area contributed by atoms with Gasteiger partial charge in [0.1, 0.15) is 18.0 Å². The number of nitrogens with zero attached hydrogens (tertiary/aromatic N) is 3. The van der Waals surface area contributed by atoms with Crippen LogP contribution < -0.4 is 16.8 Å². The lowest BCUT2D eigenvalue weighted by Gasteiger charge is -2.09. The molecule has 7 nitrogen and oxygen atoms in total. The molecular formula is C15H14N6O. The van der Waals surface area contributed by atoms with E-state index in [2.05, 4.69) is 20.3 Å². The Morgan fingerprint density at radius 2 is 2.05 bits per heavy atom. The fourth-order valence-corrected chi connectivity index (χ4v) is 2.12. The number of hydrogen-bond acceptors (Lipinski definition) is 6. The SMILES string of the molecule is NC(=O)c1cccc(CNc2ncnc3nc(N)ccc23)c1. The van der Waals surface area contributed by atoms with Crippen LogP contribution in [0, 0.1) is 0 Å². The summed E-state index contributed by atoms with van der Waals surface area (Å²) in [5.41, 5.74) is 12.9. The number of nitrogens with one attached hydrogen (secondary N) is 1. The Kier molecular flexibility index (Phi) is 3.53. The van der Waals surface area contributed by atoms with Gasteiger partial charge in [-0.25, -0.2) is 15.0 Å². The van der Waals surface area contributed by atoms with E-state index in [0.717, 1.165) is 10.9 Å². The molecule has 0 saturated carbocycles. The van der Waals surface area contributed by atoms with Crippen molar-refractivity contribution >= 4 is 28.6 Å². The maximum atomic E-state index is 11.2. The van der Waals surface area contributed by atoms with E-state index >= 15 is 0 Å². The van der Waals surface area contributed by atoms with Gasteiger partial charge in [-0.1, -0.05) is 12.1 Å². The molecule has 0 unspecified atom stereocenters. The number of carbonyl (C=O) groups excluding carboxylic acids is 1. The van der Waals surface area contributed by atoms with Crippen molar-refractivity contribution < 1.29 is 4.79 Å². The number of amides is 1. The summed E-state index contributed by atoms with van der Waals surface area (Å²) in [4.78, 5) is 23.7. The van der Waals surface area contributed by atoms with Gasteiger partial charge >= 0.3 is 0 Å². The zero-order chi connectivity index (χ0) is 15.5. The quantitative estimate of drug-likeness (QED) is 0.667. The Labute approximate surface area is 126 Å². The second kappa shape index (κ2) is 5.65. The minimum Gasteiger partial charge on any atom is -0.384 e. The van der Waals surface area contributed by atoms with E-state index in [-0.39, 0.29) is 0 Å². The lowest BCUT2D eigenvalue weighted by Crippen LogP contribution is -2.11. The van der Waals surface area contributed by atoms with Gasteiger partial charge in [0.05, 0.1) is 5.39 Å². The van der Waals surface area contributed by atoms with Crippen LogP contribution in [0.15, 0.2) is 42.7 Å². The van der Waals surface area contributed by atoms with Crippen molar-refractivity contribution in [2.24, 2.45) is 5.73 Å². The van der Waals surface area contributed by atoms with Crippen LogP contribution in [0.1, 0.15) is 15.9 Å². The highest BCUT2D eigenvalue weighted by atomic mass is 16.1. The summed E-state index contributed by atoms with van der Waals surface area (Å²) in [6, 6.07) is 10.6. The molecular weight excluding hydrogens is 280 g/mol. The molecule has 2 aromatic heterocycles. The molecule has 22 heavy (non-hydrogen) atoms. The zero-order valence-corrected chi connectivity index (χ0v) is 11.7. The predicted octanol–water partition coefficient (Wildman–Crippen LogP) is 1.32. The van der Waals surface area contributed by atoms with Crippen molar-refractivity contribution in [3.05, 3.63) is 53.9 Å². The second-order valence-corrected chi connectivity index (χ2v) is 4.75. The van der Waals surface area contributed by atoms with Gasteiger partial charge in [0.2, 0.25) is 5.91 Å². The van der Waals surface area contributed by atoms with Crippen LogP contribution >= 0.6 is 0 Å². The van der Waals surface area contributed by atoms with Gasteiger partial charge in [0, 0.05) is 12.1 Å². The molecule has 3 rings (SSSR count). The number of pyridine rings is 1.